The Morgan fingerprint density at radius 2 is 0.556 bits per heavy atom. The van der Waals surface area contributed by atoms with Crippen molar-refractivity contribution in [1.82, 2.24) is 0 Å². The average Bonchev–Trinajstić information content (AvgIpc) is 3.28. The molecule has 0 spiro atoms. The van der Waals surface area contributed by atoms with Crippen molar-refractivity contribution in [3.8, 4) is 0 Å². The molecule has 0 radical (unpaired) electrons. The highest BCUT2D eigenvalue weighted by Crippen LogP contribution is 2.19. The van der Waals surface area contributed by atoms with E-state index in [9.17, 15) is 14.4 Å². The first-order chi connectivity index (χ1) is 30.8. The molecule has 0 aliphatic heterocycles. The van der Waals surface area contributed by atoms with E-state index in [1.165, 1.54) is 205 Å². The highest BCUT2D eigenvalue weighted by atomic mass is 16.6. The summed E-state index contributed by atoms with van der Waals surface area (Å²) in [5.74, 6) is 0.900. The van der Waals surface area contributed by atoms with Crippen LogP contribution in [0.4, 0.5) is 0 Å². The second-order valence-corrected chi connectivity index (χ2v) is 20.1. The van der Waals surface area contributed by atoms with Crippen molar-refractivity contribution >= 4 is 17.9 Å². The molecule has 374 valence electrons. The fourth-order valence-electron chi connectivity index (χ4n) is 8.63. The van der Waals surface area contributed by atoms with Gasteiger partial charge in [-0.2, -0.15) is 0 Å². The number of unbranched alkanes of at least 4 members (excludes halogenated alkanes) is 34. The predicted molar refractivity (Wildman–Crippen MR) is 270 cm³/mol. The van der Waals surface area contributed by atoms with Crippen LogP contribution in [0.1, 0.15) is 317 Å². The fourth-order valence-corrected chi connectivity index (χ4v) is 8.63. The van der Waals surface area contributed by atoms with Gasteiger partial charge in [-0.05, 0) is 31.1 Å². The van der Waals surface area contributed by atoms with Crippen LogP contribution >= 0.6 is 0 Å². The van der Waals surface area contributed by atoms with Crippen molar-refractivity contribution in [2.75, 3.05) is 13.2 Å². The van der Waals surface area contributed by atoms with Gasteiger partial charge in [0.2, 0.25) is 0 Å². The largest absolute Gasteiger partial charge is 0.462 e. The molecule has 0 saturated carbocycles. The van der Waals surface area contributed by atoms with E-state index in [2.05, 4.69) is 34.6 Å². The van der Waals surface area contributed by atoms with Crippen molar-refractivity contribution in [3.05, 3.63) is 0 Å². The SMILES string of the molecule is CCCCCCCCCCCCCCCCCC(=O)OC[C@@H](COC(=O)CCCCCCCCCCC(C)CC)OC(=O)CCCCCCCCCCCCCCCCC(C)CC. The van der Waals surface area contributed by atoms with Crippen LogP contribution in [0.25, 0.3) is 0 Å². The Kier molecular flexibility index (Phi) is 48.6. The van der Waals surface area contributed by atoms with E-state index in [1.807, 2.05) is 0 Å². The van der Waals surface area contributed by atoms with E-state index in [0.29, 0.717) is 19.3 Å². The van der Waals surface area contributed by atoms with Gasteiger partial charge in [0, 0.05) is 19.3 Å². The lowest BCUT2D eigenvalue weighted by molar-refractivity contribution is -0.167. The second kappa shape index (κ2) is 49.8. The Morgan fingerprint density at radius 3 is 0.825 bits per heavy atom. The monoisotopic (exact) mass is 891 g/mol. The van der Waals surface area contributed by atoms with E-state index >= 15 is 0 Å². The molecule has 0 aromatic heterocycles. The van der Waals surface area contributed by atoms with Crippen molar-refractivity contribution in [2.24, 2.45) is 11.8 Å². The summed E-state index contributed by atoms with van der Waals surface area (Å²) in [6.45, 7) is 11.4. The lowest BCUT2D eigenvalue weighted by Gasteiger charge is -2.18. The summed E-state index contributed by atoms with van der Waals surface area (Å²) in [7, 11) is 0. The third kappa shape index (κ3) is 48.2. The molecule has 0 aliphatic rings. The molecule has 0 heterocycles. The Hall–Kier alpha value is -1.59. The second-order valence-electron chi connectivity index (χ2n) is 20.1. The van der Waals surface area contributed by atoms with Gasteiger partial charge < -0.3 is 14.2 Å². The highest BCUT2D eigenvalue weighted by molar-refractivity contribution is 5.71. The van der Waals surface area contributed by atoms with E-state index in [4.69, 9.17) is 14.2 Å². The summed E-state index contributed by atoms with van der Waals surface area (Å²) in [5, 5.41) is 0. The van der Waals surface area contributed by atoms with Gasteiger partial charge in [-0.25, -0.2) is 0 Å². The number of hydrogen-bond donors (Lipinski definition) is 0. The van der Waals surface area contributed by atoms with Gasteiger partial charge in [-0.1, -0.05) is 279 Å². The molecule has 0 fully saturated rings. The summed E-state index contributed by atoms with van der Waals surface area (Å²) in [6, 6.07) is 0. The molecular formula is C57H110O6. The molecule has 6 heteroatoms. The van der Waals surface area contributed by atoms with Gasteiger partial charge in [0.05, 0.1) is 0 Å². The quantitative estimate of drug-likeness (QED) is 0.0344. The van der Waals surface area contributed by atoms with E-state index in [1.54, 1.807) is 0 Å². The first kappa shape index (κ1) is 61.4. The molecule has 0 aliphatic carbocycles. The molecule has 0 N–H and O–H groups in total. The van der Waals surface area contributed by atoms with Crippen LogP contribution in [0.3, 0.4) is 0 Å². The fraction of sp³-hybridized carbons (Fsp3) is 0.947. The number of hydrogen-bond acceptors (Lipinski definition) is 6. The topological polar surface area (TPSA) is 78.9 Å². The number of carbonyl (C=O) groups excluding carboxylic acids is 3. The van der Waals surface area contributed by atoms with Gasteiger partial charge in [-0.15, -0.1) is 0 Å². The summed E-state index contributed by atoms with van der Waals surface area (Å²) in [5.41, 5.74) is 0. The number of esters is 3. The van der Waals surface area contributed by atoms with Gasteiger partial charge in [0.15, 0.2) is 6.10 Å². The van der Waals surface area contributed by atoms with Gasteiger partial charge in [0.1, 0.15) is 13.2 Å². The first-order valence-corrected chi connectivity index (χ1v) is 28.3. The first-order valence-electron chi connectivity index (χ1n) is 28.3. The molecular weight excluding hydrogens is 781 g/mol. The number of carbonyl (C=O) groups is 3. The minimum atomic E-state index is -0.763. The van der Waals surface area contributed by atoms with Crippen molar-refractivity contribution < 1.29 is 28.6 Å². The maximum absolute atomic E-state index is 12.8. The maximum Gasteiger partial charge on any atom is 0.306 e. The summed E-state index contributed by atoms with van der Waals surface area (Å²) >= 11 is 0. The van der Waals surface area contributed by atoms with Crippen LogP contribution in [0.15, 0.2) is 0 Å². The molecule has 0 aromatic carbocycles. The third-order valence-corrected chi connectivity index (χ3v) is 13.7. The van der Waals surface area contributed by atoms with Crippen LogP contribution in [-0.4, -0.2) is 37.2 Å². The molecule has 0 aromatic rings. The maximum atomic E-state index is 12.8. The van der Waals surface area contributed by atoms with Crippen LogP contribution in [-0.2, 0) is 28.6 Å². The molecule has 63 heavy (non-hydrogen) atoms. The zero-order valence-electron chi connectivity index (χ0n) is 43.2. The van der Waals surface area contributed by atoms with Crippen LogP contribution < -0.4 is 0 Å². The zero-order valence-corrected chi connectivity index (χ0v) is 43.2. The molecule has 3 atom stereocenters. The van der Waals surface area contributed by atoms with E-state index in [0.717, 1.165) is 69.6 Å². The minimum Gasteiger partial charge on any atom is -0.462 e. The Balaban J connectivity index is 4.30. The van der Waals surface area contributed by atoms with Crippen LogP contribution in [0, 0.1) is 11.8 Å². The summed E-state index contributed by atoms with van der Waals surface area (Å²) in [4.78, 5) is 38.1. The normalized spacial score (nSPS) is 12.9. The Labute approximate surface area is 393 Å². The minimum absolute atomic E-state index is 0.0632. The van der Waals surface area contributed by atoms with Crippen LogP contribution in [0.5, 0.6) is 0 Å². The van der Waals surface area contributed by atoms with E-state index < -0.39 is 6.10 Å². The smallest absolute Gasteiger partial charge is 0.306 e. The average molecular weight is 892 g/mol. The molecule has 0 rings (SSSR count). The van der Waals surface area contributed by atoms with Gasteiger partial charge in [0.25, 0.3) is 0 Å². The molecule has 0 bridgehead atoms. The lowest BCUT2D eigenvalue weighted by atomic mass is 9.99. The number of ether oxygens (including phenoxy) is 3. The summed E-state index contributed by atoms with van der Waals surface area (Å²) < 4.78 is 16.9. The molecule has 0 saturated heterocycles. The Bertz CT molecular complexity index is 966. The van der Waals surface area contributed by atoms with Crippen molar-refractivity contribution in [3.63, 3.8) is 0 Å². The molecule has 0 amide bonds. The standard InChI is InChI=1S/C57H110O6/c1-6-9-10-11-12-13-14-15-16-20-23-26-32-37-42-47-55(58)61-50-54(51-62-56(59)48-43-38-33-29-28-31-36-41-46-53(5)8-3)63-57(60)49-44-39-34-27-24-21-18-17-19-22-25-30-35-40-45-52(4)7-2/h52-54H,6-51H2,1-5H3/t52?,53?,54-/m0/s1. The zero-order chi connectivity index (χ0) is 46.1. The summed E-state index contributed by atoms with van der Waals surface area (Å²) in [6.07, 6.45) is 52.2. The lowest BCUT2D eigenvalue weighted by Crippen LogP contribution is -2.30. The van der Waals surface area contributed by atoms with Crippen molar-refractivity contribution in [1.29, 1.82) is 0 Å². The third-order valence-electron chi connectivity index (χ3n) is 13.7. The van der Waals surface area contributed by atoms with Crippen LogP contribution in [0.2, 0.25) is 0 Å². The molecule has 2 unspecified atom stereocenters. The van der Waals surface area contributed by atoms with Gasteiger partial charge >= 0.3 is 17.9 Å². The predicted octanol–water partition coefficient (Wildman–Crippen LogP) is 18.5. The highest BCUT2D eigenvalue weighted by Gasteiger charge is 2.19. The van der Waals surface area contributed by atoms with E-state index in [-0.39, 0.29) is 31.1 Å². The Morgan fingerprint density at radius 1 is 0.317 bits per heavy atom. The molecule has 6 nitrogen and oxygen atoms in total. The van der Waals surface area contributed by atoms with Crippen molar-refractivity contribution in [2.45, 2.75) is 323 Å². The van der Waals surface area contributed by atoms with Gasteiger partial charge in [-0.3, -0.25) is 14.4 Å². The number of rotatable bonds is 51.